The molecule has 0 aromatic rings. The third-order valence-electron chi connectivity index (χ3n) is 3.68. The SMILES string of the molecule is CCN(CCNC1CCCC1C)C(=O)OC(C)(C)C. The van der Waals surface area contributed by atoms with Crippen molar-refractivity contribution in [2.24, 2.45) is 5.92 Å². The molecule has 0 heterocycles. The number of amides is 1. The summed E-state index contributed by atoms with van der Waals surface area (Å²) < 4.78 is 5.39. The van der Waals surface area contributed by atoms with E-state index in [1.807, 2.05) is 27.7 Å². The highest BCUT2D eigenvalue weighted by molar-refractivity contribution is 5.68. The monoisotopic (exact) mass is 270 g/mol. The molecule has 1 rings (SSSR count). The van der Waals surface area contributed by atoms with Crippen LogP contribution >= 0.6 is 0 Å². The van der Waals surface area contributed by atoms with Crippen molar-refractivity contribution in [3.05, 3.63) is 0 Å². The van der Waals surface area contributed by atoms with Crippen LogP contribution in [0.3, 0.4) is 0 Å². The number of hydrogen-bond acceptors (Lipinski definition) is 3. The largest absolute Gasteiger partial charge is 0.444 e. The second-order valence-corrected chi connectivity index (χ2v) is 6.53. The predicted octanol–water partition coefficient (Wildman–Crippen LogP) is 3.02. The number of carbonyl (C=O) groups excluding carboxylic acids is 1. The maximum atomic E-state index is 12.0. The second kappa shape index (κ2) is 7.13. The average molecular weight is 270 g/mol. The van der Waals surface area contributed by atoms with Gasteiger partial charge >= 0.3 is 6.09 Å². The molecule has 1 N–H and O–H groups in total. The first-order valence-electron chi connectivity index (χ1n) is 7.54. The normalized spacial score (nSPS) is 23.4. The fourth-order valence-corrected chi connectivity index (χ4v) is 2.54. The molecule has 4 heteroatoms. The van der Waals surface area contributed by atoms with Crippen LogP contribution in [0.25, 0.3) is 0 Å². The molecule has 2 atom stereocenters. The summed E-state index contributed by atoms with van der Waals surface area (Å²) in [7, 11) is 0. The molecule has 1 saturated carbocycles. The lowest BCUT2D eigenvalue weighted by Gasteiger charge is -2.27. The van der Waals surface area contributed by atoms with Crippen LogP contribution in [0.5, 0.6) is 0 Å². The Labute approximate surface area is 117 Å². The van der Waals surface area contributed by atoms with E-state index in [2.05, 4.69) is 12.2 Å². The van der Waals surface area contributed by atoms with Crippen molar-refractivity contribution < 1.29 is 9.53 Å². The molecule has 1 aliphatic carbocycles. The van der Waals surface area contributed by atoms with Crippen LogP contribution in [-0.4, -0.2) is 42.3 Å². The number of rotatable bonds is 5. The number of ether oxygens (including phenoxy) is 1. The van der Waals surface area contributed by atoms with E-state index in [0.717, 1.165) is 12.5 Å². The number of likely N-dealkylation sites (N-methyl/N-ethyl adjacent to an activating group) is 1. The highest BCUT2D eigenvalue weighted by atomic mass is 16.6. The predicted molar refractivity (Wildman–Crippen MR) is 78.3 cm³/mol. The van der Waals surface area contributed by atoms with Gasteiger partial charge in [-0.25, -0.2) is 4.79 Å². The standard InChI is InChI=1S/C15H30N2O2/c1-6-17(14(18)19-15(3,4)5)11-10-16-13-9-7-8-12(13)2/h12-13,16H,6-11H2,1-5H3. The van der Waals surface area contributed by atoms with Crippen LogP contribution in [0.4, 0.5) is 4.79 Å². The molecular weight excluding hydrogens is 240 g/mol. The molecule has 4 nitrogen and oxygen atoms in total. The Bertz CT molecular complexity index is 286. The molecule has 1 aliphatic rings. The molecule has 0 saturated heterocycles. The Morgan fingerprint density at radius 1 is 1.37 bits per heavy atom. The molecule has 0 spiro atoms. The fraction of sp³-hybridized carbons (Fsp3) is 0.933. The molecule has 2 unspecified atom stereocenters. The van der Waals surface area contributed by atoms with Crippen molar-refractivity contribution in [1.29, 1.82) is 0 Å². The van der Waals surface area contributed by atoms with Gasteiger partial charge in [0.05, 0.1) is 0 Å². The average Bonchev–Trinajstić information content (AvgIpc) is 2.68. The van der Waals surface area contributed by atoms with E-state index in [0.29, 0.717) is 19.1 Å². The van der Waals surface area contributed by atoms with Gasteiger partial charge in [-0.2, -0.15) is 0 Å². The quantitative estimate of drug-likeness (QED) is 0.835. The van der Waals surface area contributed by atoms with E-state index in [9.17, 15) is 4.79 Å². The first kappa shape index (κ1) is 16.3. The maximum absolute atomic E-state index is 12.0. The van der Waals surface area contributed by atoms with Crippen molar-refractivity contribution in [3.63, 3.8) is 0 Å². The molecule has 0 aliphatic heterocycles. The zero-order valence-electron chi connectivity index (χ0n) is 13.2. The Balaban J connectivity index is 2.30. The smallest absolute Gasteiger partial charge is 0.410 e. The summed E-state index contributed by atoms with van der Waals surface area (Å²) in [5.74, 6) is 0.761. The third-order valence-corrected chi connectivity index (χ3v) is 3.68. The van der Waals surface area contributed by atoms with Crippen LogP contribution in [0.1, 0.15) is 53.9 Å². The summed E-state index contributed by atoms with van der Waals surface area (Å²) >= 11 is 0. The van der Waals surface area contributed by atoms with E-state index in [4.69, 9.17) is 4.74 Å². The Morgan fingerprint density at radius 2 is 2.05 bits per heavy atom. The van der Waals surface area contributed by atoms with Crippen molar-refractivity contribution in [1.82, 2.24) is 10.2 Å². The molecule has 112 valence electrons. The molecular formula is C15H30N2O2. The lowest BCUT2D eigenvalue weighted by atomic mass is 10.1. The lowest BCUT2D eigenvalue weighted by Crippen LogP contribution is -2.42. The van der Waals surface area contributed by atoms with Crippen LogP contribution in [0, 0.1) is 5.92 Å². The van der Waals surface area contributed by atoms with Crippen LogP contribution in [-0.2, 0) is 4.74 Å². The molecule has 0 radical (unpaired) electrons. The summed E-state index contributed by atoms with van der Waals surface area (Å²) in [4.78, 5) is 13.7. The van der Waals surface area contributed by atoms with Gasteiger partial charge in [0.25, 0.3) is 0 Å². The van der Waals surface area contributed by atoms with E-state index < -0.39 is 5.60 Å². The van der Waals surface area contributed by atoms with Gasteiger partial charge in [0, 0.05) is 25.7 Å². The molecule has 0 aromatic heterocycles. The molecule has 1 amide bonds. The second-order valence-electron chi connectivity index (χ2n) is 6.53. The maximum Gasteiger partial charge on any atom is 0.410 e. The van der Waals surface area contributed by atoms with E-state index >= 15 is 0 Å². The zero-order chi connectivity index (χ0) is 14.5. The van der Waals surface area contributed by atoms with Crippen molar-refractivity contribution in [2.75, 3.05) is 19.6 Å². The minimum Gasteiger partial charge on any atom is -0.444 e. The van der Waals surface area contributed by atoms with E-state index in [-0.39, 0.29) is 6.09 Å². The van der Waals surface area contributed by atoms with Gasteiger partial charge in [0.1, 0.15) is 5.60 Å². The summed E-state index contributed by atoms with van der Waals surface area (Å²) in [6, 6.07) is 0.623. The van der Waals surface area contributed by atoms with Gasteiger partial charge in [-0.05, 0) is 46.5 Å². The van der Waals surface area contributed by atoms with Gasteiger partial charge in [-0.3, -0.25) is 0 Å². The topological polar surface area (TPSA) is 41.6 Å². The number of hydrogen-bond donors (Lipinski definition) is 1. The number of nitrogens with one attached hydrogen (secondary N) is 1. The van der Waals surface area contributed by atoms with E-state index in [1.54, 1.807) is 4.90 Å². The van der Waals surface area contributed by atoms with Crippen LogP contribution in [0.15, 0.2) is 0 Å². The summed E-state index contributed by atoms with van der Waals surface area (Å²) in [6.45, 7) is 12.2. The lowest BCUT2D eigenvalue weighted by molar-refractivity contribution is 0.0260. The van der Waals surface area contributed by atoms with Gasteiger partial charge in [-0.15, -0.1) is 0 Å². The molecule has 1 fully saturated rings. The van der Waals surface area contributed by atoms with Gasteiger partial charge in [-0.1, -0.05) is 13.3 Å². The van der Waals surface area contributed by atoms with Crippen LogP contribution < -0.4 is 5.32 Å². The number of nitrogens with zero attached hydrogens (tertiary/aromatic N) is 1. The van der Waals surface area contributed by atoms with Crippen LogP contribution in [0.2, 0.25) is 0 Å². The van der Waals surface area contributed by atoms with Crippen molar-refractivity contribution in [3.8, 4) is 0 Å². The first-order valence-corrected chi connectivity index (χ1v) is 7.54. The van der Waals surface area contributed by atoms with Crippen molar-refractivity contribution >= 4 is 6.09 Å². The Hall–Kier alpha value is -0.770. The van der Waals surface area contributed by atoms with Gasteiger partial charge in [0.15, 0.2) is 0 Å². The highest BCUT2D eigenvalue weighted by Gasteiger charge is 2.24. The van der Waals surface area contributed by atoms with Crippen molar-refractivity contribution in [2.45, 2.75) is 65.5 Å². The van der Waals surface area contributed by atoms with Gasteiger partial charge in [0.2, 0.25) is 0 Å². The third kappa shape index (κ3) is 5.81. The van der Waals surface area contributed by atoms with Gasteiger partial charge < -0.3 is 15.0 Å². The number of carbonyl (C=O) groups is 1. The zero-order valence-corrected chi connectivity index (χ0v) is 13.2. The Morgan fingerprint density at radius 3 is 2.53 bits per heavy atom. The Kier molecular flexibility index (Phi) is 6.11. The fourth-order valence-electron chi connectivity index (χ4n) is 2.54. The van der Waals surface area contributed by atoms with E-state index in [1.165, 1.54) is 19.3 Å². The molecule has 0 aromatic carbocycles. The minimum absolute atomic E-state index is 0.212. The summed E-state index contributed by atoms with van der Waals surface area (Å²) in [6.07, 6.45) is 3.69. The summed E-state index contributed by atoms with van der Waals surface area (Å²) in [5.41, 5.74) is -0.419. The summed E-state index contributed by atoms with van der Waals surface area (Å²) in [5, 5.41) is 3.56. The molecule has 0 bridgehead atoms. The minimum atomic E-state index is -0.419. The molecule has 19 heavy (non-hydrogen) atoms. The first-order chi connectivity index (χ1) is 8.83. The highest BCUT2D eigenvalue weighted by Crippen LogP contribution is 2.24.